The fourth-order valence-electron chi connectivity index (χ4n) is 1.22. The van der Waals surface area contributed by atoms with Crippen molar-refractivity contribution in [3.8, 4) is 16.6 Å². The molecule has 2 rings (SSSR count). The first-order valence-corrected chi connectivity index (χ1v) is 6.39. The van der Waals surface area contributed by atoms with E-state index in [1.54, 1.807) is 0 Å². The van der Waals surface area contributed by atoms with Gasteiger partial charge in [-0.25, -0.2) is 4.98 Å². The zero-order valence-corrected chi connectivity index (χ0v) is 9.73. The van der Waals surface area contributed by atoms with E-state index >= 15 is 0 Å². The largest absolute Gasteiger partial charge is 0.228 e. The molecule has 0 radical (unpaired) electrons. The molecule has 1 heterocycles. The highest BCUT2D eigenvalue weighted by atomic mass is 32.2. The van der Waals surface area contributed by atoms with Gasteiger partial charge < -0.3 is 0 Å². The Morgan fingerprint density at radius 1 is 1.33 bits per heavy atom. The molecule has 2 aromatic rings. The van der Waals surface area contributed by atoms with E-state index in [-0.39, 0.29) is 0 Å². The van der Waals surface area contributed by atoms with Crippen LogP contribution in [0.25, 0.3) is 10.6 Å². The molecule has 0 aliphatic rings. The number of aromatic nitrogens is 1. The summed E-state index contributed by atoms with van der Waals surface area (Å²) in [4.78, 5) is 5.12. The lowest BCUT2D eigenvalue weighted by Gasteiger charge is -1.92. The average molecular weight is 232 g/mol. The molecule has 0 N–H and O–H groups in total. The molecule has 0 spiro atoms. The highest BCUT2D eigenvalue weighted by molar-refractivity contribution is 7.98. The minimum atomic E-state index is 0.696. The van der Waals surface area contributed by atoms with Gasteiger partial charge in [0.05, 0.1) is 0 Å². The fourth-order valence-corrected chi connectivity index (χ4v) is 2.83. The van der Waals surface area contributed by atoms with E-state index in [4.69, 9.17) is 5.26 Å². The van der Waals surface area contributed by atoms with Crippen molar-refractivity contribution in [2.75, 3.05) is 6.26 Å². The monoisotopic (exact) mass is 232 g/mol. The predicted octanol–water partition coefficient (Wildman–Crippen LogP) is 3.40. The van der Waals surface area contributed by atoms with Crippen molar-refractivity contribution >= 4 is 23.1 Å². The maximum absolute atomic E-state index is 8.92. The molecule has 0 aliphatic heterocycles. The number of thioether (sulfide) groups is 1. The van der Waals surface area contributed by atoms with Crippen LogP contribution in [0, 0.1) is 11.3 Å². The van der Waals surface area contributed by atoms with Crippen molar-refractivity contribution in [1.29, 1.82) is 5.26 Å². The van der Waals surface area contributed by atoms with Gasteiger partial charge in [0.15, 0.2) is 0 Å². The number of benzene rings is 1. The lowest BCUT2D eigenvalue weighted by Crippen LogP contribution is -1.75. The van der Waals surface area contributed by atoms with Crippen LogP contribution in [0.3, 0.4) is 0 Å². The minimum absolute atomic E-state index is 0.696. The molecule has 0 saturated carbocycles. The predicted molar refractivity (Wildman–Crippen MR) is 64.0 cm³/mol. The minimum Gasteiger partial charge on any atom is -0.228 e. The summed E-state index contributed by atoms with van der Waals surface area (Å²) in [5.74, 6) is 0. The molecule has 0 unspecified atom stereocenters. The zero-order chi connectivity index (χ0) is 10.7. The summed E-state index contributed by atoms with van der Waals surface area (Å²) in [5, 5.41) is 10.7. The van der Waals surface area contributed by atoms with Gasteiger partial charge in [-0.05, 0) is 6.26 Å². The second-order valence-electron chi connectivity index (χ2n) is 2.84. The van der Waals surface area contributed by atoms with Crippen molar-refractivity contribution in [2.45, 2.75) is 5.03 Å². The standard InChI is InChI=1S/C11H8N2S2/c1-14-11-9(7-12)15-10(13-11)8-5-3-2-4-6-8/h2-6H,1H3. The lowest BCUT2D eigenvalue weighted by atomic mass is 10.2. The Kier molecular flexibility index (Phi) is 3.05. The molecule has 1 aromatic carbocycles. The highest BCUT2D eigenvalue weighted by Crippen LogP contribution is 2.31. The van der Waals surface area contributed by atoms with E-state index in [9.17, 15) is 0 Å². The number of hydrogen-bond donors (Lipinski definition) is 0. The van der Waals surface area contributed by atoms with Crippen LogP contribution in [0.15, 0.2) is 35.4 Å². The molecule has 74 valence electrons. The summed E-state index contributed by atoms with van der Waals surface area (Å²) in [6, 6.07) is 12.1. The smallest absolute Gasteiger partial charge is 0.139 e. The maximum atomic E-state index is 8.92. The van der Waals surface area contributed by atoms with Crippen molar-refractivity contribution in [1.82, 2.24) is 4.98 Å². The van der Waals surface area contributed by atoms with Crippen molar-refractivity contribution in [2.24, 2.45) is 0 Å². The molecule has 1 aromatic heterocycles. The molecule has 15 heavy (non-hydrogen) atoms. The first-order valence-electron chi connectivity index (χ1n) is 4.35. The summed E-state index contributed by atoms with van der Waals surface area (Å²) in [5.41, 5.74) is 1.07. The Bertz CT molecular complexity index is 497. The van der Waals surface area contributed by atoms with Crippen LogP contribution < -0.4 is 0 Å². The molecule has 0 bridgehead atoms. The van der Waals surface area contributed by atoms with E-state index in [0.717, 1.165) is 15.6 Å². The number of hydrogen-bond acceptors (Lipinski definition) is 4. The summed E-state index contributed by atoms with van der Waals surface area (Å²) in [6.07, 6.45) is 1.94. The van der Waals surface area contributed by atoms with Crippen LogP contribution in [0.2, 0.25) is 0 Å². The van der Waals surface area contributed by atoms with Crippen molar-refractivity contribution in [3.63, 3.8) is 0 Å². The van der Waals surface area contributed by atoms with Gasteiger partial charge in [0.2, 0.25) is 0 Å². The molecular formula is C11H8N2S2. The summed E-state index contributed by atoms with van der Waals surface area (Å²) < 4.78 is 0. The SMILES string of the molecule is CSc1nc(-c2ccccc2)sc1C#N. The van der Waals surface area contributed by atoms with Gasteiger partial charge >= 0.3 is 0 Å². The van der Waals surface area contributed by atoms with E-state index in [0.29, 0.717) is 4.88 Å². The van der Waals surface area contributed by atoms with Gasteiger partial charge in [0.25, 0.3) is 0 Å². The molecule has 0 aliphatic carbocycles. The molecule has 0 saturated heterocycles. The van der Waals surface area contributed by atoms with Gasteiger partial charge in [-0.15, -0.1) is 23.1 Å². The van der Waals surface area contributed by atoms with Crippen molar-refractivity contribution < 1.29 is 0 Å². The van der Waals surface area contributed by atoms with Gasteiger partial charge in [-0.1, -0.05) is 30.3 Å². The number of thiazole rings is 1. The molecule has 0 fully saturated rings. The van der Waals surface area contributed by atoms with Crippen LogP contribution in [0.1, 0.15) is 4.88 Å². The van der Waals surface area contributed by atoms with Crippen LogP contribution in [0.5, 0.6) is 0 Å². The molecular weight excluding hydrogens is 224 g/mol. The first kappa shape index (κ1) is 10.2. The first-order chi connectivity index (χ1) is 7.35. The lowest BCUT2D eigenvalue weighted by molar-refractivity contribution is 1.19. The van der Waals surface area contributed by atoms with Crippen LogP contribution in [-0.4, -0.2) is 11.2 Å². The normalized spacial score (nSPS) is 9.87. The summed E-state index contributed by atoms with van der Waals surface area (Å²) >= 11 is 2.96. The average Bonchev–Trinajstić information content (AvgIpc) is 2.73. The summed E-state index contributed by atoms with van der Waals surface area (Å²) in [7, 11) is 0. The van der Waals surface area contributed by atoms with Gasteiger partial charge in [-0.2, -0.15) is 5.26 Å². The van der Waals surface area contributed by atoms with Gasteiger partial charge in [-0.3, -0.25) is 0 Å². The molecule has 0 atom stereocenters. The second kappa shape index (κ2) is 4.47. The Morgan fingerprint density at radius 3 is 2.60 bits per heavy atom. The summed E-state index contributed by atoms with van der Waals surface area (Å²) in [6.45, 7) is 0. The Labute approximate surface area is 96.6 Å². The third-order valence-electron chi connectivity index (χ3n) is 1.91. The topological polar surface area (TPSA) is 36.7 Å². The Hall–Kier alpha value is -1.31. The van der Waals surface area contributed by atoms with E-state index in [1.807, 2.05) is 36.6 Å². The number of nitrogens with zero attached hydrogens (tertiary/aromatic N) is 2. The van der Waals surface area contributed by atoms with Gasteiger partial charge in [0.1, 0.15) is 21.0 Å². The fraction of sp³-hybridized carbons (Fsp3) is 0.0909. The third-order valence-corrected chi connectivity index (χ3v) is 3.73. The molecule has 4 heteroatoms. The third kappa shape index (κ3) is 2.04. The quantitative estimate of drug-likeness (QED) is 0.745. The highest BCUT2D eigenvalue weighted by Gasteiger charge is 2.10. The zero-order valence-electron chi connectivity index (χ0n) is 8.10. The number of nitriles is 1. The van der Waals surface area contributed by atoms with E-state index in [2.05, 4.69) is 11.1 Å². The molecule has 2 nitrogen and oxygen atoms in total. The molecule has 0 amide bonds. The van der Waals surface area contributed by atoms with Crippen molar-refractivity contribution in [3.05, 3.63) is 35.2 Å². The van der Waals surface area contributed by atoms with E-state index in [1.165, 1.54) is 23.1 Å². The van der Waals surface area contributed by atoms with Crippen LogP contribution in [0.4, 0.5) is 0 Å². The Balaban J connectivity index is 2.48. The Morgan fingerprint density at radius 2 is 2.07 bits per heavy atom. The van der Waals surface area contributed by atoms with Crippen LogP contribution in [-0.2, 0) is 0 Å². The number of rotatable bonds is 2. The second-order valence-corrected chi connectivity index (χ2v) is 4.63. The van der Waals surface area contributed by atoms with E-state index < -0.39 is 0 Å². The van der Waals surface area contributed by atoms with Crippen LogP contribution >= 0.6 is 23.1 Å². The maximum Gasteiger partial charge on any atom is 0.139 e. The van der Waals surface area contributed by atoms with Gasteiger partial charge in [0, 0.05) is 5.56 Å².